The maximum absolute atomic E-state index is 11.8. The number of carbonyl (C=O) groups is 2. The largest absolute Gasteiger partial charge is 0.481 e. The molecule has 114 valence electrons. The molecule has 0 saturated carbocycles. The number of thiophene rings is 1. The Labute approximate surface area is 127 Å². The Morgan fingerprint density at radius 2 is 2.29 bits per heavy atom. The molecule has 1 fully saturated rings. The number of hydrogen-bond donors (Lipinski definition) is 3. The Morgan fingerprint density at radius 3 is 2.90 bits per heavy atom. The summed E-state index contributed by atoms with van der Waals surface area (Å²) in [6.45, 7) is 0.338. The number of aliphatic carboxylic acids is 1. The minimum absolute atomic E-state index is 0.0858. The van der Waals surface area contributed by atoms with Crippen molar-refractivity contribution < 1.29 is 24.4 Å². The van der Waals surface area contributed by atoms with E-state index in [1.165, 1.54) is 11.3 Å². The van der Waals surface area contributed by atoms with Gasteiger partial charge < -0.3 is 20.1 Å². The number of carbonyl (C=O) groups excluding carboxylic acids is 1. The molecule has 2 rings (SSSR count). The summed E-state index contributed by atoms with van der Waals surface area (Å²) in [6, 6.07) is 3.80. The summed E-state index contributed by atoms with van der Waals surface area (Å²) in [7, 11) is -1.02. The second-order valence-electron chi connectivity index (χ2n) is 5.14. The Kier molecular flexibility index (Phi) is 5.78. The van der Waals surface area contributed by atoms with Crippen molar-refractivity contribution in [2.45, 2.75) is 37.6 Å². The van der Waals surface area contributed by atoms with Crippen molar-refractivity contribution in [3.63, 3.8) is 0 Å². The first-order valence-electron chi connectivity index (χ1n) is 6.89. The quantitative estimate of drug-likeness (QED) is 0.679. The molecule has 2 atom stereocenters. The summed E-state index contributed by atoms with van der Waals surface area (Å²) >= 11 is 1.53. The van der Waals surface area contributed by atoms with Crippen LogP contribution in [0.2, 0.25) is 5.82 Å². The average molecular weight is 311 g/mol. The predicted octanol–water partition coefficient (Wildman–Crippen LogP) is 0.911. The molecule has 1 saturated heterocycles. The number of carboxylic acid groups (broad SMARTS) is 1. The third kappa shape index (κ3) is 5.15. The van der Waals surface area contributed by atoms with Crippen molar-refractivity contribution in [3.05, 3.63) is 22.4 Å². The van der Waals surface area contributed by atoms with Gasteiger partial charge in [-0.3, -0.25) is 9.59 Å². The molecule has 1 amide bonds. The number of rotatable bonds is 6. The summed E-state index contributed by atoms with van der Waals surface area (Å²) in [5.74, 6) is -1.21. The smallest absolute Gasteiger partial charge is 0.459 e. The lowest BCUT2D eigenvalue weighted by atomic mass is 9.66. The molecular formula is C13H18BNO5S. The number of nitrogens with one attached hydrogen (secondary N) is 1. The van der Waals surface area contributed by atoms with E-state index in [0.29, 0.717) is 25.8 Å². The number of hydrogen-bond acceptors (Lipinski definition) is 5. The van der Waals surface area contributed by atoms with Gasteiger partial charge in [0.05, 0.1) is 18.9 Å². The maximum Gasteiger partial charge on any atom is 0.459 e. The third-order valence-corrected chi connectivity index (χ3v) is 4.35. The van der Waals surface area contributed by atoms with Crippen LogP contribution in [0, 0.1) is 0 Å². The number of carboxylic acids is 1. The van der Waals surface area contributed by atoms with Crippen LogP contribution in [0.4, 0.5) is 0 Å². The molecule has 6 nitrogen and oxygen atoms in total. The zero-order chi connectivity index (χ0) is 15.2. The summed E-state index contributed by atoms with van der Waals surface area (Å²) in [5, 5.41) is 23.3. The van der Waals surface area contributed by atoms with E-state index in [-0.39, 0.29) is 18.1 Å². The van der Waals surface area contributed by atoms with E-state index in [2.05, 4.69) is 5.32 Å². The van der Waals surface area contributed by atoms with Crippen LogP contribution in [0.5, 0.6) is 0 Å². The minimum Gasteiger partial charge on any atom is -0.481 e. The first-order valence-corrected chi connectivity index (χ1v) is 7.77. The van der Waals surface area contributed by atoms with Crippen molar-refractivity contribution in [3.8, 4) is 0 Å². The molecule has 8 heteroatoms. The van der Waals surface area contributed by atoms with Gasteiger partial charge in [0.25, 0.3) is 0 Å². The van der Waals surface area contributed by atoms with Gasteiger partial charge in [0.1, 0.15) is 0 Å². The fourth-order valence-electron chi connectivity index (χ4n) is 2.35. The van der Waals surface area contributed by atoms with Crippen LogP contribution in [0.15, 0.2) is 17.5 Å². The molecule has 0 spiro atoms. The fourth-order valence-corrected chi connectivity index (χ4v) is 3.05. The molecular weight excluding hydrogens is 293 g/mol. The van der Waals surface area contributed by atoms with Crippen LogP contribution >= 0.6 is 11.3 Å². The van der Waals surface area contributed by atoms with Gasteiger partial charge >= 0.3 is 13.1 Å². The minimum atomic E-state index is -1.02. The summed E-state index contributed by atoms with van der Waals surface area (Å²) in [6.07, 6.45) is 1.00. The van der Waals surface area contributed by atoms with Crippen LogP contribution in [0.3, 0.4) is 0 Å². The van der Waals surface area contributed by atoms with Crippen molar-refractivity contribution in [1.82, 2.24) is 5.32 Å². The lowest BCUT2D eigenvalue weighted by Gasteiger charge is -2.30. The molecule has 1 aliphatic heterocycles. The molecule has 1 aliphatic rings. The SMILES string of the molecule is O=C(O)C[C@@H]1CC[C@H](CNC(=O)Cc2cccs2)B(O)O1. The highest BCUT2D eigenvalue weighted by Gasteiger charge is 2.35. The van der Waals surface area contributed by atoms with E-state index in [9.17, 15) is 14.6 Å². The molecule has 3 N–H and O–H groups in total. The maximum atomic E-state index is 11.8. The fraction of sp³-hybridized carbons (Fsp3) is 0.538. The molecule has 0 radical (unpaired) electrons. The van der Waals surface area contributed by atoms with Crippen LogP contribution in [0.25, 0.3) is 0 Å². The third-order valence-electron chi connectivity index (χ3n) is 3.47. The van der Waals surface area contributed by atoms with E-state index in [4.69, 9.17) is 9.76 Å². The molecule has 0 aliphatic carbocycles. The molecule has 0 bridgehead atoms. The molecule has 2 heterocycles. The second kappa shape index (κ2) is 7.58. The van der Waals surface area contributed by atoms with E-state index in [0.717, 1.165) is 4.88 Å². The molecule has 21 heavy (non-hydrogen) atoms. The molecule has 1 aromatic heterocycles. The van der Waals surface area contributed by atoms with Crippen LogP contribution in [0.1, 0.15) is 24.1 Å². The highest BCUT2D eigenvalue weighted by molar-refractivity contribution is 7.10. The molecule has 1 aromatic rings. The molecule has 0 unspecified atom stereocenters. The molecule has 0 aromatic carbocycles. The average Bonchev–Trinajstić information content (AvgIpc) is 2.90. The van der Waals surface area contributed by atoms with Crippen molar-refractivity contribution in [1.29, 1.82) is 0 Å². The predicted molar refractivity (Wildman–Crippen MR) is 79.1 cm³/mol. The van der Waals surface area contributed by atoms with Crippen LogP contribution in [-0.4, -0.2) is 41.8 Å². The summed E-state index contributed by atoms with van der Waals surface area (Å²) in [5.41, 5.74) is 0. The first-order chi connectivity index (χ1) is 10.0. The van der Waals surface area contributed by atoms with Gasteiger partial charge in [0.2, 0.25) is 5.91 Å². The van der Waals surface area contributed by atoms with Gasteiger partial charge in [-0.25, -0.2) is 0 Å². The van der Waals surface area contributed by atoms with Gasteiger partial charge in [0, 0.05) is 17.2 Å². The highest BCUT2D eigenvalue weighted by atomic mass is 32.1. The van der Waals surface area contributed by atoms with Gasteiger partial charge in [-0.1, -0.05) is 6.07 Å². The van der Waals surface area contributed by atoms with Crippen molar-refractivity contribution in [2.24, 2.45) is 0 Å². The Hall–Kier alpha value is -1.38. The van der Waals surface area contributed by atoms with Crippen LogP contribution < -0.4 is 5.32 Å². The highest BCUT2D eigenvalue weighted by Crippen LogP contribution is 2.27. The van der Waals surface area contributed by atoms with Gasteiger partial charge in [-0.2, -0.15) is 0 Å². The summed E-state index contributed by atoms with van der Waals surface area (Å²) < 4.78 is 5.27. The van der Waals surface area contributed by atoms with Crippen molar-refractivity contribution >= 4 is 30.3 Å². The van der Waals surface area contributed by atoms with Crippen molar-refractivity contribution in [2.75, 3.05) is 6.54 Å². The van der Waals surface area contributed by atoms with Gasteiger partial charge in [-0.05, 0) is 24.3 Å². The first kappa shape index (κ1) is 16.0. The zero-order valence-electron chi connectivity index (χ0n) is 11.5. The van der Waals surface area contributed by atoms with E-state index < -0.39 is 19.2 Å². The summed E-state index contributed by atoms with van der Waals surface area (Å²) in [4.78, 5) is 23.4. The lowest BCUT2D eigenvalue weighted by molar-refractivity contribution is -0.139. The Bertz CT molecular complexity index is 481. The van der Waals surface area contributed by atoms with E-state index in [1.807, 2.05) is 17.5 Å². The monoisotopic (exact) mass is 311 g/mol. The number of amides is 1. The van der Waals surface area contributed by atoms with Crippen LogP contribution in [-0.2, 0) is 20.7 Å². The topological polar surface area (TPSA) is 95.9 Å². The standard InChI is InChI=1S/C13H18BNO5S/c16-12(7-11-2-1-5-21-11)15-8-9-3-4-10(6-13(17)18)20-14(9)19/h1-2,5,9-10,19H,3-4,6-8H2,(H,15,16)(H,17,18)/t9-,10+/m1/s1. The lowest BCUT2D eigenvalue weighted by Crippen LogP contribution is -2.42. The van der Waals surface area contributed by atoms with Gasteiger partial charge in [0.15, 0.2) is 0 Å². The Balaban J connectivity index is 1.71. The second-order valence-corrected chi connectivity index (χ2v) is 6.18. The zero-order valence-corrected chi connectivity index (χ0v) is 12.3. The Morgan fingerprint density at radius 1 is 1.48 bits per heavy atom. The normalized spacial score (nSPS) is 22.0. The van der Waals surface area contributed by atoms with E-state index >= 15 is 0 Å². The van der Waals surface area contributed by atoms with E-state index in [1.54, 1.807) is 0 Å². The van der Waals surface area contributed by atoms with Gasteiger partial charge in [-0.15, -0.1) is 11.3 Å².